The molecule has 0 radical (unpaired) electrons. The number of amides is 1. The van der Waals surface area contributed by atoms with Crippen molar-refractivity contribution in [3.63, 3.8) is 0 Å². The Morgan fingerprint density at radius 1 is 1.38 bits per heavy atom. The molecule has 6 atom stereocenters. The van der Waals surface area contributed by atoms with Gasteiger partial charge in [0.2, 0.25) is 5.91 Å². The summed E-state index contributed by atoms with van der Waals surface area (Å²) in [5.74, 6) is -0.754. The molecular weight excluding hydrogens is 479 g/mol. The maximum Gasteiger partial charge on any atom is 0.472 e. The Balaban J connectivity index is 1.78. The number of anilines is 1. The van der Waals surface area contributed by atoms with Gasteiger partial charge in [-0.1, -0.05) is 13.8 Å². The predicted octanol–water partition coefficient (Wildman–Crippen LogP) is -2.54. The molecule has 1 aliphatic rings. The van der Waals surface area contributed by atoms with Gasteiger partial charge in [0.1, 0.15) is 30.2 Å². The van der Waals surface area contributed by atoms with Crippen LogP contribution in [0.2, 0.25) is 0 Å². The number of nitrogens with zero attached hydrogens (tertiary/aromatic N) is 2. The van der Waals surface area contributed by atoms with E-state index in [0.29, 0.717) is 0 Å². The zero-order chi connectivity index (χ0) is 25.7. The molecule has 0 saturated carbocycles. The van der Waals surface area contributed by atoms with E-state index in [4.69, 9.17) is 19.5 Å². The van der Waals surface area contributed by atoms with Crippen LogP contribution in [0.1, 0.15) is 26.5 Å². The van der Waals surface area contributed by atoms with Crippen LogP contribution in [0.3, 0.4) is 0 Å². The predicted molar refractivity (Wildman–Crippen MR) is 115 cm³/mol. The molecule has 194 valence electrons. The van der Waals surface area contributed by atoms with Gasteiger partial charge in [-0.25, -0.2) is 9.36 Å². The Morgan fingerprint density at radius 3 is 2.68 bits per heavy atom. The van der Waals surface area contributed by atoms with Crippen molar-refractivity contribution in [2.75, 3.05) is 32.1 Å². The maximum absolute atomic E-state index is 12.1. The molecule has 34 heavy (non-hydrogen) atoms. The highest BCUT2D eigenvalue weighted by atomic mass is 31.2. The summed E-state index contributed by atoms with van der Waals surface area (Å²) in [6.45, 7) is 1.70. The Kier molecular flexibility index (Phi) is 9.71. The van der Waals surface area contributed by atoms with Gasteiger partial charge < -0.3 is 41.1 Å². The average Bonchev–Trinajstić information content (AvgIpc) is 3.05. The fourth-order valence-electron chi connectivity index (χ4n) is 2.92. The molecule has 0 aliphatic carbocycles. The summed E-state index contributed by atoms with van der Waals surface area (Å²) in [4.78, 5) is 37.1. The smallest absolute Gasteiger partial charge is 0.396 e. The highest BCUT2D eigenvalue weighted by Crippen LogP contribution is 2.44. The summed E-state index contributed by atoms with van der Waals surface area (Å²) in [5.41, 5.74) is 3.55. The highest BCUT2D eigenvalue weighted by molar-refractivity contribution is 7.47. The third kappa shape index (κ3) is 7.28. The molecule has 1 saturated heterocycles. The molecule has 1 amide bonds. The third-order valence-corrected chi connectivity index (χ3v) is 6.12. The van der Waals surface area contributed by atoms with Crippen molar-refractivity contribution >= 4 is 19.5 Å². The Labute approximate surface area is 194 Å². The average molecular weight is 510 g/mol. The van der Waals surface area contributed by atoms with Crippen molar-refractivity contribution in [1.29, 1.82) is 0 Å². The summed E-state index contributed by atoms with van der Waals surface area (Å²) >= 11 is 0. The first-order chi connectivity index (χ1) is 15.8. The van der Waals surface area contributed by atoms with E-state index in [1.54, 1.807) is 0 Å². The molecule has 16 heteroatoms. The zero-order valence-corrected chi connectivity index (χ0v) is 19.6. The molecule has 15 nitrogen and oxygen atoms in total. The normalized spacial score (nSPS) is 25.6. The SMILES string of the molecule is CC(C)(CO)C(O)C(=O)NCCCOP(=O)(O)OCC1OC(n2ccc(N)nc2=O)C(O)C1O. The molecule has 0 aromatic carbocycles. The number of carbonyl (C=O) groups is 1. The number of hydrogen-bond acceptors (Lipinski definition) is 12. The van der Waals surface area contributed by atoms with Crippen LogP contribution < -0.4 is 16.7 Å². The van der Waals surface area contributed by atoms with Gasteiger partial charge in [-0.15, -0.1) is 0 Å². The zero-order valence-electron chi connectivity index (χ0n) is 18.7. The fourth-order valence-corrected chi connectivity index (χ4v) is 3.69. The lowest BCUT2D eigenvalue weighted by molar-refractivity contribution is -0.137. The van der Waals surface area contributed by atoms with Gasteiger partial charge in [0.15, 0.2) is 6.23 Å². The second kappa shape index (κ2) is 11.7. The lowest BCUT2D eigenvalue weighted by Crippen LogP contribution is -2.45. The number of aliphatic hydroxyl groups excluding tert-OH is 4. The molecule has 0 spiro atoms. The van der Waals surface area contributed by atoms with E-state index in [1.807, 2.05) is 0 Å². The number of nitrogen functional groups attached to an aromatic ring is 1. The van der Waals surface area contributed by atoms with E-state index in [9.17, 15) is 39.5 Å². The van der Waals surface area contributed by atoms with Crippen LogP contribution in [0, 0.1) is 5.41 Å². The lowest BCUT2D eigenvalue weighted by atomic mass is 9.87. The third-order valence-electron chi connectivity index (χ3n) is 5.14. The van der Waals surface area contributed by atoms with E-state index in [2.05, 4.69) is 10.3 Å². The summed E-state index contributed by atoms with van der Waals surface area (Å²) in [5, 5.41) is 41.8. The number of phosphoric acid groups is 1. The molecule has 1 fully saturated rings. The van der Waals surface area contributed by atoms with Crippen molar-refractivity contribution in [1.82, 2.24) is 14.9 Å². The van der Waals surface area contributed by atoms with Crippen molar-refractivity contribution in [3.05, 3.63) is 22.7 Å². The van der Waals surface area contributed by atoms with Crippen LogP contribution in [0.15, 0.2) is 17.1 Å². The Bertz CT molecular complexity index is 943. The largest absolute Gasteiger partial charge is 0.472 e. The minimum Gasteiger partial charge on any atom is -0.396 e. The molecule has 1 aromatic rings. The minimum atomic E-state index is -4.58. The second-order valence-corrected chi connectivity index (χ2v) is 9.83. The maximum atomic E-state index is 12.1. The van der Waals surface area contributed by atoms with Crippen LogP contribution >= 0.6 is 7.82 Å². The molecular formula is C18H31N4O11P. The fraction of sp³-hybridized carbons (Fsp3) is 0.722. The lowest BCUT2D eigenvalue weighted by Gasteiger charge is -2.27. The van der Waals surface area contributed by atoms with Gasteiger partial charge in [-0.05, 0) is 12.5 Å². The van der Waals surface area contributed by atoms with E-state index in [-0.39, 0.29) is 25.4 Å². The molecule has 1 aromatic heterocycles. The first-order valence-corrected chi connectivity index (χ1v) is 11.8. The Morgan fingerprint density at radius 2 is 2.06 bits per heavy atom. The number of nitrogens with two attached hydrogens (primary N) is 1. The summed E-state index contributed by atoms with van der Waals surface area (Å²) in [6, 6.07) is 1.29. The second-order valence-electron chi connectivity index (χ2n) is 8.38. The number of carbonyl (C=O) groups excluding carboxylic acids is 1. The number of phosphoric ester groups is 1. The van der Waals surface area contributed by atoms with Gasteiger partial charge in [-0.2, -0.15) is 4.98 Å². The monoisotopic (exact) mass is 510 g/mol. The van der Waals surface area contributed by atoms with E-state index in [0.717, 1.165) is 4.57 Å². The van der Waals surface area contributed by atoms with Crippen LogP contribution in [-0.2, 0) is 23.1 Å². The van der Waals surface area contributed by atoms with Gasteiger partial charge in [-0.3, -0.25) is 18.4 Å². The molecule has 8 N–H and O–H groups in total. The molecule has 0 bridgehead atoms. The number of rotatable bonds is 12. The van der Waals surface area contributed by atoms with Crippen molar-refractivity contribution in [2.24, 2.45) is 5.41 Å². The summed E-state index contributed by atoms with van der Waals surface area (Å²) in [6.07, 6.45) is -5.80. The quantitative estimate of drug-likeness (QED) is 0.114. The summed E-state index contributed by atoms with van der Waals surface area (Å²) in [7, 11) is -4.58. The Hall–Kier alpha value is -1.94. The molecule has 2 rings (SSSR count). The number of aromatic nitrogens is 2. The summed E-state index contributed by atoms with van der Waals surface area (Å²) < 4.78 is 27.9. The van der Waals surface area contributed by atoms with E-state index < -0.39 is 68.7 Å². The van der Waals surface area contributed by atoms with Crippen LogP contribution in [-0.4, -0.2) is 91.6 Å². The number of nitrogens with one attached hydrogen (secondary N) is 1. The number of ether oxygens (including phenoxy) is 1. The van der Waals surface area contributed by atoms with Gasteiger partial charge in [0, 0.05) is 18.2 Å². The van der Waals surface area contributed by atoms with Crippen LogP contribution in [0.25, 0.3) is 0 Å². The molecule has 6 unspecified atom stereocenters. The van der Waals surface area contributed by atoms with Crippen LogP contribution in [0.4, 0.5) is 5.82 Å². The van der Waals surface area contributed by atoms with Gasteiger partial charge >= 0.3 is 13.5 Å². The molecule has 2 heterocycles. The van der Waals surface area contributed by atoms with E-state index >= 15 is 0 Å². The van der Waals surface area contributed by atoms with Crippen molar-refractivity contribution in [2.45, 2.75) is 50.9 Å². The van der Waals surface area contributed by atoms with Crippen molar-refractivity contribution < 1.29 is 48.5 Å². The highest BCUT2D eigenvalue weighted by Gasteiger charge is 2.45. The number of hydrogen-bond donors (Lipinski definition) is 7. The standard InChI is InChI=1S/C18H31N4O11P/c1-18(2,9-23)14(26)15(27)20-5-3-7-31-34(29,30)32-8-10-12(24)13(25)16(33-10)22-6-4-11(19)21-17(22)28/h4,6,10,12-14,16,23-26H,3,5,7-9H2,1-2H3,(H,20,27)(H,29,30)(H2,19,21,28). The first kappa shape index (κ1) is 28.3. The van der Waals surface area contributed by atoms with Gasteiger partial charge in [0.25, 0.3) is 0 Å². The minimum absolute atomic E-state index is 0.0140. The topological polar surface area (TPSA) is 236 Å². The van der Waals surface area contributed by atoms with Gasteiger partial charge in [0.05, 0.1) is 19.8 Å². The first-order valence-electron chi connectivity index (χ1n) is 10.3. The van der Waals surface area contributed by atoms with E-state index in [1.165, 1.54) is 26.1 Å². The number of aliphatic hydroxyl groups is 4. The molecule has 1 aliphatic heterocycles. The van der Waals surface area contributed by atoms with Crippen LogP contribution in [0.5, 0.6) is 0 Å². The van der Waals surface area contributed by atoms with Crippen molar-refractivity contribution in [3.8, 4) is 0 Å².